The van der Waals surface area contributed by atoms with Gasteiger partial charge < -0.3 is 0 Å². The number of nitriles is 2. The van der Waals surface area contributed by atoms with Crippen LogP contribution in [0.3, 0.4) is 0 Å². The van der Waals surface area contributed by atoms with Gasteiger partial charge in [-0.15, -0.1) is 0 Å². The predicted octanol–water partition coefficient (Wildman–Crippen LogP) is -0.441. The third-order valence-corrected chi connectivity index (χ3v) is 0.975. The zero-order valence-corrected chi connectivity index (χ0v) is 5.89. The van der Waals surface area contributed by atoms with Gasteiger partial charge in [0.25, 0.3) is 0 Å². The molecule has 0 radical (unpaired) electrons. The fourth-order valence-electron chi connectivity index (χ4n) is 0.470. The maximum absolute atomic E-state index is 8.14. The lowest BCUT2D eigenvalue weighted by atomic mass is 10.5. The van der Waals surface area contributed by atoms with Gasteiger partial charge in [0.15, 0.2) is 0 Å². The first-order valence-corrected chi connectivity index (χ1v) is 3.02. The molecule has 0 amide bonds. The minimum absolute atomic E-state index is 0.0271. The van der Waals surface area contributed by atoms with Gasteiger partial charge in [0, 0.05) is 0 Å². The first-order chi connectivity index (χ1) is 4.81. The Morgan fingerprint density at radius 2 is 1.60 bits per heavy atom. The molecule has 0 unspecified atom stereocenters. The van der Waals surface area contributed by atoms with Crippen LogP contribution in [0.1, 0.15) is 6.92 Å². The smallest absolute Gasteiger partial charge is 0.0852 e. The van der Waals surface area contributed by atoms with Crippen LogP contribution in [0.4, 0.5) is 0 Å². The predicted molar refractivity (Wildman–Crippen MR) is 36.7 cm³/mol. The lowest BCUT2D eigenvalue weighted by Crippen LogP contribution is -2.39. The Kier molecular flexibility index (Phi) is 5.36. The second-order valence-electron chi connectivity index (χ2n) is 1.80. The average Bonchev–Trinajstić information content (AvgIpc) is 1.97. The lowest BCUT2D eigenvalue weighted by Gasteiger charge is -2.09. The quantitative estimate of drug-likeness (QED) is 0.408. The van der Waals surface area contributed by atoms with Crippen molar-refractivity contribution < 1.29 is 0 Å². The fourth-order valence-corrected chi connectivity index (χ4v) is 0.470. The Balaban J connectivity index is 3.20. The van der Waals surface area contributed by atoms with Gasteiger partial charge in [0.05, 0.1) is 31.4 Å². The zero-order valence-electron chi connectivity index (χ0n) is 5.89. The minimum Gasteiger partial charge on any atom is -0.289 e. The van der Waals surface area contributed by atoms with E-state index in [0.717, 1.165) is 0 Å². The van der Waals surface area contributed by atoms with E-state index >= 15 is 0 Å². The van der Waals surface area contributed by atoms with Crippen LogP contribution in [0.15, 0.2) is 0 Å². The van der Waals surface area contributed by atoms with Crippen LogP contribution in [-0.2, 0) is 0 Å². The molecule has 0 aliphatic carbocycles. The van der Waals surface area contributed by atoms with Crippen LogP contribution in [0, 0.1) is 22.7 Å². The van der Waals surface area contributed by atoms with Crippen LogP contribution in [0.2, 0.25) is 0 Å². The largest absolute Gasteiger partial charge is 0.289 e. The summed E-state index contributed by atoms with van der Waals surface area (Å²) in [4.78, 5) is 0. The van der Waals surface area contributed by atoms with E-state index in [1.54, 1.807) is 0 Å². The second-order valence-corrected chi connectivity index (χ2v) is 1.80. The average molecular weight is 138 g/mol. The highest BCUT2D eigenvalue weighted by atomic mass is 15.1. The van der Waals surface area contributed by atoms with Gasteiger partial charge in [-0.05, 0) is 6.92 Å². The zero-order chi connectivity index (χ0) is 7.82. The van der Waals surface area contributed by atoms with Gasteiger partial charge in [-0.2, -0.15) is 10.5 Å². The Labute approximate surface area is 60.4 Å². The summed E-state index contributed by atoms with van der Waals surface area (Å²) in [7, 11) is 0. The summed E-state index contributed by atoms with van der Waals surface area (Å²) in [6.45, 7) is 2.47. The molecule has 0 heterocycles. The van der Waals surface area contributed by atoms with Crippen molar-refractivity contribution in [3.05, 3.63) is 0 Å². The van der Waals surface area contributed by atoms with E-state index in [-0.39, 0.29) is 6.17 Å². The molecule has 0 fully saturated rings. The van der Waals surface area contributed by atoms with Crippen molar-refractivity contribution in [3.8, 4) is 12.1 Å². The molecule has 4 nitrogen and oxygen atoms in total. The van der Waals surface area contributed by atoms with E-state index in [1.807, 2.05) is 19.1 Å². The SMILES string of the molecule is CC(NCC#N)NCC#N. The third kappa shape index (κ3) is 5.04. The van der Waals surface area contributed by atoms with Crippen molar-refractivity contribution in [2.45, 2.75) is 13.1 Å². The van der Waals surface area contributed by atoms with Gasteiger partial charge in [-0.3, -0.25) is 10.6 Å². The normalized spacial score (nSPS) is 8.80. The van der Waals surface area contributed by atoms with Crippen LogP contribution in [-0.4, -0.2) is 19.3 Å². The molecule has 0 spiro atoms. The molecule has 0 saturated heterocycles. The Morgan fingerprint density at radius 1 is 1.20 bits per heavy atom. The summed E-state index contributed by atoms with van der Waals surface area (Å²) in [5.41, 5.74) is 0. The number of hydrogen-bond donors (Lipinski definition) is 2. The van der Waals surface area contributed by atoms with Crippen LogP contribution in [0.25, 0.3) is 0 Å². The Bertz CT molecular complexity index is 134. The molecule has 2 N–H and O–H groups in total. The molecule has 54 valence electrons. The van der Waals surface area contributed by atoms with Gasteiger partial charge in [0.1, 0.15) is 0 Å². The van der Waals surface area contributed by atoms with Crippen LogP contribution < -0.4 is 10.6 Å². The molecule has 0 saturated carbocycles. The Morgan fingerprint density at radius 3 is 1.90 bits per heavy atom. The highest BCUT2D eigenvalue weighted by Crippen LogP contribution is 1.70. The first-order valence-electron chi connectivity index (χ1n) is 3.02. The van der Waals surface area contributed by atoms with Crippen molar-refractivity contribution in [3.63, 3.8) is 0 Å². The van der Waals surface area contributed by atoms with Crippen molar-refractivity contribution in [2.75, 3.05) is 13.1 Å². The van der Waals surface area contributed by atoms with Crippen molar-refractivity contribution >= 4 is 0 Å². The van der Waals surface area contributed by atoms with Crippen molar-refractivity contribution in [2.24, 2.45) is 0 Å². The van der Waals surface area contributed by atoms with Gasteiger partial charge >= 0.3 is 0 Å². The second kappa shape index (κ2) is 6.03. The van der Waals surface area contributed by atoms with E-state index in [9.17, 15) is 0 Å². The molecule has 0 atom stereocenters. The van der Waals surface area contributed by atoms with Crippen molar-refractivity contribution in [1.82, 2.24) is 10.6 Å². The first kappa shape index (κ1) is 8.90. The molecule has 0 bridgehead atoms. The van der Waals surface area contributed by atoms with Crippen LogP contribution >= 0.6 is 0 Å². The highest BCUT2D eigenvalue weighted by molar-refractivity contribution is 4.78. The fraction of sp³-hybridized carbons (Fsp3) is 0.667. The third-order valence-electron chi connectivity index (χ3n) is 0.975. The molecule has 4 heteroatoms. The van der Waals surface area contributed by atoms with Gasteiger partial charge in [0.2, 0.25) is 0 Å². The number of nitrogens with zero attached hydrogens (tertiary/aromatic N) is 2. The summed E-state index contributed by atoms with van der Waals surface area (Å²) in [6.07, 6.45) is 0.0271. The van der Waals surface area contributed by atoms with E-state index in [4.69, 9.17) is 10.5 Å². The minimum atomic E-state index is 0.0271. The molecule has 0 aliphatic heterocycles. The van der Waals surface area contributed by atoms with Crippen LogP contribution in [0.5, 0.6) is 0 Å². The number of hydrogen-bond acceptors (Lipinski definition) is 4. The maximum Gasteiger partial charge on any atom is 0.0852 e. The molecular formula is C6H10N4. The summed E-state index contributed by atoms with van der Waals surface area (Å²) in [5.74, 6) is 0. The monoisotopic (exact) mass is 138 g/mol. The van der Waals surface area contributed by atoms with E-state index < -0.39 is 0 Å². The van der Waals surface area contributed by atoms with Gasteiger partial charge in [-0.1, -0.05) is 0 Å². The lowest BCUT2D eigenvalue weighted by molar-refractivity contribution is 0.501. The standard InChI is InChI=1S/C6H10N4/c1-6(9-4-2-7)10-5-3-8/h6,9-10H,4-5H2,1H3. The summed E-state index contributed by atoms with van der Waals surface area (Å²) in [5, 5.41) is 22.0. The molecule has 0 aromatic rings. The highest BCUT2D eigenvalue weighted by Gasteiger charge is 1.95. The number of nitrogens with one attached hydrogen (secondary N) is 2. The summed E-state index contributed by atoms with van der Waals surface area (Å²) >= 11 is 0. The van der Waals surface area contributed by atoms with E-state index in [1.165, 1.54) is 0 Å². The van der Waals surface area contributed by atoms with Crippen molar-refractivity contribution in [1.29, 1.82) is 10.5 Å². The van der Waals surface area contributed by atoms with E-state index in [0.29, 0.717) is 13.1 Å². The van der Waals surface area contributed by atoms with Gasteiger partial charge in [-0.25, -0.2) is 0 Å². The topological polar surface area (TPSA) is 71.6 Å². The van der Waals surface area contributed by atoms with E-state index in [2.05, 4.69) is 10.6 Å². The molecule has 10 heavy (non-hydrogen) atoms. The summed E-state index contributed by atoms with van der Waals surface area (Å²) in [6, 6.07) is 3.88. The number of rotatable bonds is 4. The molecule has 0 aromatic heterocycles. The molecule has 0 rings (SSSR count). The Hall–Kier alpha value is -1.10. The molecular weight excluding hydrogens is 128 g/mol. The maximum atomic E-state index is 8.14. The molecule has 0 aromatic carbocycles. The summed E-state index contributed by atoms with van der Waals surface area (Å²) < 4.78 is 0. The molecule has 0 aliphatic rings.